The lowest BCUT2D eigenvalue weighted by Gasteiger charge is -2.21. The number of nitrogens with one attached hydrogen (secondary N) is 1. The number of aryl methyl sites for hydroxylation is 2. The Hall–Kier alpha value is -1.82. The molecule has 1 fully saturated rings. The van der Waals surface area contributed by atoms with Crippen molar-refractivity contribution in [1.82, 2.24) is 15.2 Å². The van der Waals surface area contributed by atoms with Crippen molar-refractivity contribution in [1.29, 1.82) is 0 Å². The zero-order valence-corrected chi connectivity index (χ0v) is 16.5. The molecule has 26 heavy (non-hydrogen) atoms. The van der Waals surface area contributed by atoms with Crippen LogP contribution in [0.25, 0.3) is 0 Å². The quantitative estimate of drug-likeness (QED) is 0.784. The Morgan fingerprint density at radius 2 is 1.85 bits per heavy atom. The molecule has 1 saturated carbocycles. The van der Waals surface area contributed by atoms with Crippen LogP contribution in [0.15, 0.2) is 24.3 Å². The van der Waals surface area contributed by atoms with Gasteiger partial charge in [0, 0.05) is 27.5 Å². The molecule has 0 aliphatic heterocycles. The minimum Gasteiger partial charge on any atom is -0.323 e. The molecule has 3 rings (SSSR count). The van der Waals surface area contributed by atoms with Gasteiger partial charge in [-0.15, -0.1) is 10.2 Å². The molecule has 1 aromatic carbocycles. The third kappa shape index (κ3) is 4.87. The van der Waals surface area contributed by atoms with Gasteiger partial charge in [0.15, 0.2) is 0 Å². The largest absolute Gasteiger partial charge is 0.323 e. The van der Waals surface area contributed by atoms with Crippen LogP contribution in [0.2, 0.25) is 0 Å². The van der Waals surface area contributed by atoms with E-state index < -0.39 is 10.8 Å². The number of hydrogen-bond acceptors (Lipinski definition) is 5. The van der Waals surface area contributed by atoms with E-state index in [0.29, 0.717) is 17.0 Å². The highest BCUT2D eigenvalue weighted by Gasteiger charge is 2.19. The van der Waals surface area contributed by atoms with E-state index in [0.717, 1.165) is 48.3 Å². The van der Waals surface area contributed by atoms with Gasteiger partial charge in [-0.25, -0.2) is 4.98 Å². The van der Waals surface area contributed by atoms with E-state index in [9.17, 15) is 4.21 Å². The lowest BCUT2D eigenvalue weighted by molar-refractivity contribution is 0.504. The van der Waals surface area contributed by atoms with E-state index in [4.69, 9.17) is 0 Å². The van der Waals surface area contributed by atoms with Crippen LogP contribution in [0.5, 0.6) is 0 Å². The van der Waals surface area contributed by atoms with Crippen LogP contribution in [0, 0.1) is 0 Å². The molecule has 2 aromatic rings. The molecule has 0 saturated heterocycles. The topological polar surface area (TPSA) is 67.8 Å². The molecule has 1 aromatic heterocycles. The molecule has 1 aliphatic carbocycles. The van der Waals surface area contributed by atoms with Crippen molar-refractivity contribution in [2.75, 3.05) is 5.32 Å². The monoisotopic (exact) mass is 372 g/mol. The van der Waals surface area contributed by atoms with E-state index in [2.05, 4.69) is 34.3 Å². The molecule has 0 bridgehead atoms. The normalized spacial score (nSPS) is 16.4. The van der Waals surface area contributed by atoms with Crippen molar-refractivity contribution in [3.63, 3.8) is 0 Å². The molecule has 5 nitrogen and oxygen atoms in total. The molecule has 0 spiro atoms. The van der Waals surface area contributed by atoms with Crippen molar-refractivity contribution >= 4 is 22.4 Å². The predicted molar refractivity (Wildman–Crippen MR) is 107 cm³/mol. The molecular weight excluding hydrogens is 344 g/mol. The third-order valence-corrected chi connectivity index (χ3v) is 6.76. The maximum atomic E-state index is 12.6. The molecule has 1 unspecified atom stereocenters. The van der Waals surface area contributed by atoms with Crippen LogP contribution < -0.4 is 5.32 Å². The zero-order chi connectivity index (χ0) is 18.4. The van der Waals surface area contributed by atoms with Gasteiger partial charge < -0.3 is 5.32 Å². The van der Waals surface area contributed by atoms with Crippen LogP contribution in [0.4, 0.5) is 11.6 Å². The van der Waals surface area contributed by atoms with Gasteiger partial charge in [0.2, 0.25) is 5.95 Å². The maximum absolute atomic E-state index is 12.6. The summed E-state index contributed by atoms with van der Waals surface area (Å²) < 4.78 is 12.6. The highest BCUT2D eigenvalue weighted by Crippen LogP contribution is 2.24. The first kappa shape index (κ1) is 19.0. The minimum absolute atomic E-state index is 0.363. The molecular formula is C20H28N4OS. The van der Waals surface area contributed by atoms with E-state index in [-0.39, 0.29) is 0 Å². The first-order valence-electron chi connectivity index (χ1n) is 9.65. The van der Waals surface area contributed by atoms with E-state index in [1.165, 1.54) is 19.3 Å². The molecule has 140 valence electrons. The van der Waals surface area contributed by atoms with E-state index in [1.807, 2.05) is 24.3 Å². The smallest absolute Gasteiger partial charge is 0.247 e. The van der Waals surface area contributed by atoms with Crippen molar-refractivity contribution in [2.24, 2.45) is 0 Å². The summed E-state index contributed by atoms with van der Waals surface area (Å²) in [5.41, 5.74) is 3.94. The molecule has 1 heterocycles. The lowest BCUT2D eigenvalue weighted by Crippen LogP contribution is -2.19. The zero-order valence-electron chi connectivity index (χ0n) is 15.7. The summed E-state index contributed by atoms with van der Waals surface area (Å²) in [7, 11) is -0.793. The van der Waals surface area contributed by atoms with Crippen LogP contribution >= 0.6 is 0 Å². The number of rotatable bonds is 7. The average Bonchev–Trinajstić information content (AvgIpc) is 2.69. The number of nitrogens with zero attached hydrogens (tertiary/aromatic N) is 3. The average molecular weight is 373 g/mol. The summed E-state index contributed by atoms with van der Waals surface area (Å²) >= 11 is 0. The second kappa shape index (κ2) is 9.21. The first-order chi connectivity index (χ1) is 12.7. The summed E-state index contributed by atoms with van der Waals surface area (Å²) in [5, 5.41) is 12.1. The third-order valence-electron chi connectivity index (χ3n) is 4.93. The van der Waals surface area contributed by atoms with E-state index >= 15 is 0 Å². The standard InChI is InChI=1S/C20H28N4OS/c1-3-18-19(4-2)23-24-20(22-18)21-16-10-8-9-15(13-16)14-26(25)17-11-6-5-7-12-17/h8-10,13,17H,3-7,11-12,14H2,1-2H3,(H,21,22,24). The van der Waals surface area contributed by atoms with Gasteiger partial charge in [-0.05, 0) is 43.4 Å². The Bertz CT molecular complexity index is 759. The fourth-order valence-electron chi connectivity index (χ4n) is 3.47. The predicted octanol–water partition coefficient (Wildman–Crippen LogP) is 4.32. The molecule has 6 heteroatoms. The SMILES string of the molecule is CCc1nnc(Nc2cccc(CS(=O)C3CCCCC3)c2)nc1CC. The Balaban J connectivity index is 1.68. The number of benzene rings is 1. The fraction of sp³-hybridized carbons (Fsp3) is 0.550. The molecule has 1 N–H and O–H groups in total. The summed E-state index contributed by atoms with van der Waals surface area (Å²) in [5.74, 6) is 1.14. The molecule has 0 amide bonds. The Morgan fingerprint density at radius 3 is 2.58 bits per heavy atom. The van der Waals surface area contributed by atoms with E-state index in [1.54, 1.807) is 0 Å². The van der Waals surface area contributed by atoms with Gasteiger partial charge in [-0.2, -0.15) is 0 Å². The van der Waals surface area contributed by atoms with Crippen LogP contribution in [-0.2, 0) is 29.4 Å². The van der Waals surface area contributed by atoms with Gasteiger partial charge >= 0.3 is 0 Å². The Labute approximate surface area is 158 Å². The minimum atomic E-state index is -0.793. The first-order valence-corrected chi connectivity index (χ1v) is 11.0. The molecule has 1 aliphatic rings. The van der Waals surface area contributed by atoms with Crippen molar-refractivity contribution in [3.05, 3.63) is 41.2 Å². The van der Waals surface area contributed by atoms with Crippen LogP contribution in [0.1, 0.15) is 62.9 Å². The van der Waals surface area contributed by atoms with Gasteiger partial charge in [-0.1, -0.05) is 45.2 Å². The second-order valence-electron chi connectivity index (χ2n) is 6.85. The summed E-state index contributed by atoms with van der Waals surface area (Å²) in [4.78, 5) is 4.58. The van der Waals surface area contributed by atoms with Gasteiger partial charge in [0.25, 0.3) is 0 Å². The van der Waals surface area contributed by atoms with Gasteiger partial charge in [0.05, 0.1) is 11.4 Å². The number of anilines is 2. The lowest BCUT2D eigenvalue weighted by atomic mass is 10.0. The highest BCUT2D eigenvalue weighted by molar-refractivity contribution is 7.84. The second-order valence-corrected chi connectivity index (χ2v) is 8.56. The van der Waals surface area contributed by atoms with Crippen LogP contribution in [0.3, 0.4) is 0 Å². The summed E-state index contributed by atoms with van der Waals surface area (Å²) in [6, 6.07) is 8.06. The molecule has 0 radical (unpaired) electrons. The fourth-order valence-corrected chi connectivity index (χ4v) is 5.07. The maximum Gasteiger partial charge on any atom is 0.247 e. The number of hydrogen-bond donors (Lipinski definition) is 1. The Kier molecular flexibility index (Phi) is 6.72. The van der Waals surface area contributed by atoms with Crippen molar-refractivity contribution < 1.29 is 4.21 Å². The summed E-state index contributed by atoms with van der Waals surface area (Å²) in [6.45, 7) is 4.14. The molecule has 1 atom stereocenters. The van der Waals surface area contributed by atoms with Crippen molar-refractivity contribution in [2.45, 2.75) is 69.8 Å². The van der Waals surface area contributed by atoms with Crippen molar-refractivity contribution in [3.8, 4) is 0 Å². The number of aromatic nitrogens is 3. The van der Waals surface area contributed by atoms with Gasteiger partial charge in [0.1, 0.15) is 0 Å². The summed E-state index contributed by atoms with van der Waals surface area (Å²) in [6.07, 6.45) is 7.62. The highest BCUT2D eigenvalue weighted by atomic mass is 32.2. The van der Waals surface area contributed by atoms with Crippen LogP contribution in [-0.4, -0.2) is 24.6 Å². The van der Waals surface area contributed by atoms with Gasteiger partial charge in [-0.3, -0.25) is 4.21 Å². The Morgan fingerprint density at radius 1 is 1.08 bits per heavy atom.